The van der Waals surface area contributed by atoms with Gasteiger partial charge in [0.05, 0.1) is 6.20 Å². The van der Waals surface area contributed by atoms with Gasteiger partial charge in [0.2, 0.25) is 5.82 Å². The second kappa shape index (κ2) is 12.9. The molecule has 0 aliphatic heterocycles. The molecule has 1 heterocycles. The summed E-state index contributed by atoms with van der Waals surface area (Å²) in [7, 11) is 0. The van der Waals surface area contributed by atoms with Gasteiger partial charge in [-0.15, -0.1) is 0 Å². The lowest BCUT2D eigenvalue weighted by molar-refractivity contribution is 0.455. The molecule has 1 rings (SSSR count). The maximum Gasteiger partial charge on any atom is 0.331 e. The van der Waals surface area contributed by atoms with Crippen molar-refractivity contribution in [3.8, 4) is 0 Å². The number of unbranched alkanes of at least 4 members (excludes halogenated alkanes) is 10. The lowest BCUT2D eigenvalue weighted by atomic mass is 10.1. The molecule has 0 aliphatic rings. The van der Waals surface area contributed by atoms with Crippen LogP contribution in [0.2, 0.25) is 0 Å². The molecule has 1 aromatic rings. The second-order valence-electron chi connectivity index (χ2n) is 6.95. The van der Waals surface area contributed by atoms with E-state index in [1.807, 2.05) is 0 Å². The van der Waals surface area contributed by atoms with Gasteiger partial charge in [-0.3, -0.25) is 13.9 Å². The number of nitrogens with zero attached hydrogens (tertiary/aromatic N) is 2. The predicted octanol–water partition coefficient (Wildman–Crippen LogP) is 4.87. The fourth-order valence-corrected chi connectivity index (χ4v) is 3.09. The first-order valence-corrected chi connectivity index (χ1v) is 10.1. The third kappa shape index (κ3) is 8.02. The smallest absolute Gasteiger partial charge is 0.297 e. The van der Waals surface area contributed by atoms with Gasteiger partial charge >= 0.3 is 5.69 Å². The minimum atomic E-state index is -0.823. The van der Waals surface area contributed by atoms with E-state index in [2.05, 4.69) is 13.8 Å². The standard InChI is InChI=1S/C20H35FN2O2/c1-3-5-7-9-11-13-15-22-17-18(21)19(24)23(20(22)25)16-14-12-10-8-6-4-2/h17H,3-16H2,1-2H3. The average Bonchev–Trinajstić information content (AvgIpc) is 2.60. The number of rotatable bonds is 14. The van der Waals surface area contributed by atoms with Crippen molar-refractivity contribution in [3.05, 3.63) is 32.9 Å². The summed E-state index contributed by atoms with van der Waals surface area (Å²) in [5.74, 6) is -0.823. The third-order valence-corrected chi connectivity index (χ3v) is 4.68. The summed E-state index contributed by atoms with van der Waals surface area (Å²) >= 11 is 0. The van der Waals surface area contributed by atoms with E-state index in [9.17, 15) is 14.0 Å². The molecule has 0 spiro atoms. The fourth-order valence-electron chi connectivity index (χ4n) is 3.09. The van der Waals surface area contributed by atoms with Crippen molar-refractivity contribution in [1.82, 2.24) is 9.13 Å². The van der Waals surface area contributed by atoms with Gasteiger partial charge < -0.3 is 0 Å². The molecule has 1 aromatic heterocycles. The summed E-state index contributed by atoms with van der Waals surface area (Å²) in [6.07, 6.45) is 14.1. The molecule has 0 saturated heterocycles. The van der Waals surface area contributed by atoms with Crippen molar-refractivity contribution in [3.63, 3.8) is 0 Å². The molecule has 25 heavy (non-hydrogen) atoms. The zero-order valence-electron chi connectivity index (χ0n) is 16.1. The Bertz CT molecular complexity index is 592. The predicted molar refractivity (Wildman–Crippen MR) is 102 cm³/mol. The van der Waals surface area contributed by atoms with E-state index in [-0.39, 0.29) is 5.69 Å². The van der Waals surface area contributed by atoms with Crippen molar-refractivity contribution >= 4 is 0 Å². The highest BCUT2D eigenvalue weighted by atomic mass is 19.1. The molecule has 0 unspecified atom stereocenters. The molecule has 0 N–H and O–H groups in total. The molecular formula is C20H35FN2O2. The van der Waals surface area contributed by atoms with Crippen molar-refractivity contribution in [2.45, 2.75) is 104 Å². The van der Waals surface area contributed by atoms with Crippen LogP contribution in [0.4, 0.5) is 4.39 Å². The Labute approximate surface area is 151 Å². The van der Waals surface area contributed by atoms with Crippen LogP contribution < -0.4 is 11.2 Å². The highest BCUT2D eigenvalue weighted by Crippen LogP contribution is 2.07. The molecule has 0 aromatic carbocycles. The van der Waals surface area contributed by atoms with Crippen LogP contribution in [-0.4, -0.2) is 9.13 Å². The van der Waals surface area contributed by atoms with Crippen LogP contribution in [-0.2, 0) is 13.1 Å². The van der Waals surface area contributed by atoms with E-state index < -0.39 is 11.4 Å². The Balaban J connectivity index is 2.55. The topological polar surface area (TPSA) is 44.0 Å². The van der Waals surface area contributed by atoms with Gasteiger partial charge in [-0.1, -0.05) is 78.1 Å². The molecule has 0 amide bonds. The summed E-state index contributed by atoms with van der Waals surface area (Å²) in [6.45, 7) is 5.14. The van der Waals surface area contributed by atoms with E-state index in [4.69, 9.17) is 0 Å². The summed E-state index contributed by atoms with van der Waals surface area (Å²) in [5, 5.41) is 0. The van der Waals surface area contributed by atoms with Crippen molar-refractivity contribution < 1.29 is 4.39 Å². The van der Waals surface area contributed by atoms with Crippen LogP contribution >= 0.6 is 0 Å². The van der Waals surface area contributed by atoms with Crippen molar-refractivity contribution in [1.29, 1.82) is 0 Å². The lowest BCUT2D eigenvalue weighted by Crippen LogP contribution is -2.41. The number of hydrogen-bond acceptors (Lipinski definition) is 2. The van der Waals surface area contributed by atoms with Gasteiger partial charge in [-0.25, -0.2) is 4.79 Å². The Kier molecular flexibility index (Phi) is 11.2. The first kappa shape index (κ1) is 21.7. The molecular weight excluding hydrogens is 319 g/mol. The average molecular weight is 355 g/mol. The van der Waals surface area contributed by atoms with E-state index in [1.165, 1.54) is 43.1 Å². The Hall–Kier alpha value is -1.39. The molecule has 0 radical (unpaired) electrons. The van der Waals surface area contributed by atoms with Gasteiger partial charge in [0.15, 0.2) is 0 Å². The van der Waals surface area contributed by atoms with Crippen molar-refractivity contribution in [2.24, 2.45) is 0 Å². The molecule has 0 bridgehead atoms. The highest BCUT2D eigenvalue weighted by Gasteiger charge is 2.10. The SMILES string of the molecule is CCCCCCCCn1cc(F)c(=O)n(CCCCCCCC)c1=O. The number of aromatic nitrogens is 2. The summed E-state index contributed by atoms with van der Waals surface area (Å²) in [5.41, 5.74) is -1.15. The minimum Gasteiger partial charge on any atom is -0.297 e. The van der Waals surface area contributed by atoms with Gasteiger partial charge in [-0.2, -0.15) is 4.39 Å². The van der Waals surface area contributed by atoms with Crippen LogP contribution in [0, 0.1) is 5.82 Å². The number of halogens is 1. The molecule has 5 heteroatoms. The first-order valence-electron chi connectivity index (χ1n) is 10.1. The lowest BCUT2D eigenvalue weighted by Gasteiger charge is -2.10. The molecule has 0 atom stereocenters. The molecule has 4 nitrogen and oxygen atoms in total. The van der Waals surface area contributed by atoms with Gasteiger partial charge in [0, 0.05) is 13.1 Å². The largest absolute Gasteiger partial charge is 0.331 e. The Morgan fingerprint density at radius 1 is 0.760 bits per heavy atom. The summed E-state index contributed by atoms with van der Waals surface area (Å²) in [6, 6.07) is 0. The number of aryl methyl sites for hydroxylation is 1. The van der Waals surface area contributed by atoms with Gasteiger partial charge in [0.25, 0.3) is 5.56 Å². The molecule has 144 valence electrons. The molecule has 0 aliphatic carbocycles. The Morgan fingerprint density at radius 3 is 1.80 bits per heavy atom. The Morgan fingerprint density at radius 2 is 1.24 bits per heavy atom. The first-order chi connectivity index (χ1) is 12.1. The van der Waals surface area contributed by atoms with Crippen LogP contribution in [0.15, 0.2) is 15.8 Å². The maximum absolute atomic E-state index is 13.9. The summed E-state index contributed by atoms with van der Waals surface area (Å²) < 4.78 is 16.3. The normalized spacial score (nSPS) is 11.2. The van der Waals surface area contributed by atoms with Crippen LogP contribution in [0.3, 0.4) is 0 Å². The monoisotopic (exact) mass is 354 g/mol. The van der Waals surface area contributed by atoms with E-state index >= 15 is 0 Å². The van der Waals surface area contributed by atoms with E-state index in [0.717, 1.165) is 49.3 Å². The zero-order chi connectivity index (χ0) is 18.5. The number of hydrogen-bond donors (Lipinski definition) is 0. The minimum absolute atomic E-state index is 0.318. The quantitative estimate of drug-likeness (QED) is 0.447. The molecule has 0 saturated carbocycles. The van der Waals surface area contributed by atoms with E-state index in [1.54, 1.807) is 0 Å². The second-order valence-corrected chi connectivity index (χ2v) is 6.95. The fraction of sp³-hybridized carbons (Fsp3) is 0.800. The van der Waals surface area contributed by atoms with Crippen molar-refractivity contribution in [2.75, 3.05) is 0 Å². The van der Waals surface area contributed by atoms with Crippen LogP contribution in [0.5, 0.6) is 0 Å². The highest BCUT2D eigenvalue weighted by molar-refractivity contribution is 4.90. The van der Waals surface area contributed by atoms with Crippen LogP contribution in [0.25, 0.3) is 0 Å². The van der Waals surface area contributed by atoms with Gasteiger partial charge in [-0.05, 0) is 12.8 Å². The molecule has 0 fully saturated rings. The van der Waals surface area contributed by atoms with Crippen LogP contribution in [0.1, 0.15) is 90.9 Å². The van der Waals surface area contributed by atoms with Gasteiger partial charge in [0.1, 0.15) is 0 Å². The third-order valence-electron chi connectivity index (χ3n) is 4.68. The zero-order valence-corrected chi connectivity index (χ0v) is 16.1. The van der Waals surface area contributed by atoms with E-state index in [0.29, 0.717) is 13.1 Å². The summed E-state index contributed by atoms with van der Waals surface area (Å²) in [4.78, 5) is 24.4. The maximum atomic E-state index is 13.9.